The first kappa shape index (κ1) is 12.2. The molecular weight excluding hydrogens is 239 g/mol. The fourth-order valence-corrected chi connectivity index (χ4v) is 1.29. The maximum Gasteiger partial charge on any atom is 0.357 e. The van der Waals surface area contributed by atoms with E-state index in [0.29, 0.717) is 6.61 Å². The first-order valence-corrected chi connectivity index (χ1v) is 5.26. The molecule has 0 fully saturated rings. The molecule has 1 aromatic heterocycles. The largest absolute Gasteiger partial charge is 0.461 e. The van der Waals surface area contributed by atoms with E-state index in [9.17, 15) is 4.79 Å². The molecule has 0 saturated carbocycles. The third kappa shape index (κ3) is 4.01. The maximum absolute atomic E-state index is 11.4. The average Bonchev–Trinajstić information content (AvgIpc) is 2.16. The first-order valence-electron chi connectivity index (χ1n) is 4.50. The van der Waals surface area contributed by atoms with E-state index in [1.807, 2.05) is 6.92 Å². The van der Waals surface area contributed by atoms with E-state index in [4.69, 9.17) is 27.9 Å². The van der Waals surface area contributed by atoms with Crippen molar-refractivity contribution >= 4 is 29.2 Å². The Hall–Kier alpha value is -0.870. The van der Waals surface area contributed by atoms with Crippen LogP contribution in [0.3, 0.4) is 0 Å². The maximum atomic E-state index is 11.4. The lowest BCUT2D eigenvalue weighted by Gasteiger charge is -2.03. The predicted octanol–water partition coefficient (Wildman–Crippen LogP) is 2.74. The monoisotopic (exact) mass is 248 g/mol. The summed E-state index contributed by atoms with van der Waals surface area (Å²) in [7, 11) is 0. The summed E-state index contributed by atoms with van der Waals surface area (Å²) in [5, 5.41) is 0.0578. The van der Waals surface area contributed by atoms with Crippen LogP contribution >= 0.6 is 23.2 Å². The third-order valence-electron chi connectivity index (χ3n) is 1.61. The number of unbranched alkanes of at least 4 members (excludes halogenated alkanes) is 1. The van der Waals surface area contributed by atoms with E-state index in [2.05, 4.69) is 9.97 Å². The van der Waals surface area contributed by atoms with Crippen LogP contribution in [0.25, 0.3) is 0 Å². The van der Waals surface area contributed by atoms with Crippen LogP contribution in [-0.2, 0) is 4.74 Å². The third-order valence-corrected chi connectivity index (χ3v) is 1.97. The van der Waals surface area contributed by atoms with Crippen molar-refractivity contribution in [2.75, 3.05) is 6.61 Å². The minimum Gasteiger partial charge on any atom is -0.461 e. The summed E-state index contributed by atoms with van der Waals surface area (Å²) in [6, 6.07) is 1.32. The highest BCUT2D eigenvalue weighted by atomic mass is 35.5. The van der Waals surface area contributed by atoms with Crippen molar-refractivity contribution in [1.29, 1.82) is 0 Å². The van der Waals surface area contributed by atoms with Gasteiger partial charge in [0.05, 0.1) is 6.61 Å². The van der Waals surface area contributed by atoms with Gasteiger partial charge in [0.2, 0.25) is 5.28 Å². The number of aromatic nitrogens is 2. The number of halogens is 2. The molecule has 0 radical (unpaired) electrons. The van der Waals surface area contributed by atoms with Crippen molar-refractivity contribution in [3.05, 3.63) is 22.2 Å². The zero-order valence-corrected chi connectivity index (χ0v) is 9.68. The number of nitrogens with zero attached hydrogens (tertiary/aromatic N) is 2. The Labute approximate surface area is 97.6 Å². The van der Waals surface area contributed by atoms with Crippen molar-refractivity contribution in [2.24, 2.45) is 0 Å². The van der Waals surface area contributed by atoms with Crippen LogP contribution in [0.5, 0.6) is 0 Å². The van der Waals surface area contributed by atoms with Gasteiger partial charge in [-0.2, -0.15) is 0 Å². The molecule has 0 N–H and O–H groups in total. The standard InChI is InChI=1S/C9H10Cl2N2O2/c1-2-3-4-15-8(14)6-5-7(10)13-9(11)12-6/h5H,2-4H2,1H3. The van der Waals surface area contributed by atoms with E-state index in [0.717, 1.165) is 12.8 Å². The van der Waals surface area contributed by atoms with Gasteiger partial charge in [-0.25, -0.2) is 14.8 Å². The number of rotatable bonds is 4. The Balaban J connectivity index is 2.65. The van der Waals surface area contributed by atoms with Crippen molar-refractivity contribution in [3.63, 3.8) is 0 Å². The number of carbonyl (C=O) groups is 1. The highest BCUT2D eigenvalue weighted by Crippen LogP contribution is 2.11. The summed E-state index contributed by atoms with van der Waals surface area (Å²) in [4.78, 5) is 18.7. The molecule has 0 aliphatic heterocycles. The zero-order chi connectivity index (χ0) is 11.3. The smallest absolute Gasteiger partial charge is 0.357 e. The summed E-state index contributed by atoms with van der Waals surface area (Å²) in [5.41, 5.74) is 0.0797. The van der Waals surface area contributed by atoms with E-state index in [1.54, 1.807) is 0 Å². The van der Waals surface area contributed by atoms with Gasteiger partial charge in [-0.1, -0.05) is 24.9 Å². The zero-order valence-electron chi connectivity index (χ0n) is 8.17. The van der Waals surface area contributed by atoms with Crippen LogP contribution in [0.2, 0.25) is 10.4 Å². The van der Waals surface area contributed by atoms with E-state index in [1.165, 1.54) is 6.07 Å². The van der Waals surface area contributed by atoms with Gasteiger partial charge in [0.25, 0.3) is 0 Å². The predicted molar refractivity (Wildman–Crippen MR) is 57.2 cm³/mol. The Morgan fingerprint density at radius 3 is 2.80 bits per heavy atom. The molecular formula is C9H10Cl2N2O2. The number of carbonyl (C=O) groups excluding carboxylic acids is 1. The second-order valence-corrected chi connectivity index (χ2v) is 3.56. The van der Waals surface area contributed by atoms with Crippen molar-refractivity contribution in [2.45, 2.75) is 19.8 Å². The van der Waals surface area contributed by atoms with Crippen LogP contribution < -0.4 is 0 Å². The molecule has 1 aromatic rings. The lowest BCUT2D eigenvalue weighted by Crippen LogP contribution is -2.09. The van der Waals surface area contributed by atoms with Crippen molar-refractivity contribution < 1.29 is 9.53 Å². The second kappa shape index (κ2) is 5.88. The Kier molecular flexibility index (Phi) is 4.78. The van der Waals surface area contributed by atoms with Gasteiger partial charge >= 0.3 is 5.97 Å². The number of ether oxygens (including phenoxy) is 1. The molecule has 0 amide bonds. The molecule has 4 nitrogen and oxygen atoms in total. The summed E-state index contributed by atoms with van der Waals surface area (Å²) >= 11 is 11.2. The molecule has 0 spiro atoms. The van der Waals surface area contributed by atoms with Crippen molar-refractivity contribution in [3.8, 4) is 0 Å². The van der Waals surface area contributed by atoms with Crippen LogP contribution in [0.1, 0.15) is 30.3 Å². The first-order chi connectivity index (χ1) is 7.13. The van der Waals surface area contributed by atoms with Crippen LogP contribution in [0, 0.1) is 0 Å². The number of hydrogen-bond acceptors (Lipinski definition) is 4. The molecule has 0 atom stereocenters. The van der Waals surface area contributed by atoms with Crippen molar-refractivity contribution in [1.82, 2.24) is 9.97 Å². The summed E-state index contributed by atoms with van der Waals surface area (Å²) in [5.74, 6) is -0.533. The molecule has 0 bridgehead atoms. The fraction of sp³-hybridized carbons (Fsp3) is 0.444. The Morgan fingerprint density at radius 1 is 1.47 bits per heavy atom. The van der Waals surface area contributed by atoms with Crippen LogP contribution in [0.4, 0.5) is 0 Å². The lowest BCUT2D eigenvalue weighted by atomic mass is 10.3. The summed E-state index contributed by atoms with van der Waals surface area (Å²) in [6.45, 7) is 2.38. The molecule has 1 rings (SSSR count). The molecule has 1 heterocycles. The van der Waals surface area contributed by atoms with E-state index in [-0.39, 0.29) is 16.1 Å². The summed E-state index contributed by atoms with van der Waals surface area (Å²) < 4.78 is 4.93. The molecule has 0 saturated heterocycles. The minimum atomic E-state index is -0.533. The van der Waals surface area contributed by atoms with Gasteiger partial charge in [-0.3, -0.25) is 0 Å². The number of esters is 1. The van der Waals surface area contributed by atoms with Crippen LogP contribution in [-0.4, -0.2) is 22.5 Å². The molecule has 15 heavy (non-hydrogen) atoms. The second-order valence-electron chi connectivity index (χ2n) is 2.83. The van der Waals surface area contributed by atoms with Crippen LogP contribution in [0.15, 0.2) is 6.07 Å². The average molecular weight is 249 g/mol. The molecule has 0 aliphatic rings. The van der Waals surface area contributed by atoms with Gasteiger partial charge in [-0.05, 0) is 18.0 Å². The normalized spacial score (nSPS) is 10.1. The SMILES string of the molecule is CCCCOC(=O)c1cc(Cl)nc(Cl)n1. The van der Waals surface area contributed by atoms with Gasteiger partial charge < -0.3 is 4.74 Å². The highest BCUT2D eigenvalue weighted by Gasteiger charge is 2.11. The van der Waals surface area contributed by atoms with E-state index >= 15 is 0 Å². The Bertz CT molecular complexity index is 338. The van der Waals surface area contributed by atoms with Gasteiger partial charge in [0.1, 0.15) is 5.15 Å². The topological polar surface area (TPSA) is 52.1 Å². The Morgan fingerprint density at radius 2 is 2.20 bits per heavy atom. The number of hydrogen-bond donors (Lipinski definition) is 0. The molecule has 6 heteroatoms. The molecule has 0 unspecified atom stereocenters. The van der Waals surface area contributed by atoms with Gasteiger partial charge in [-0.15, -0.1) is 0 Å². The quantitative estimate of drug-likeness (QED) is 0.356. The van der Waals surface area contributed by atoms with E-state index < -0.39 is 5.97 Å². The fourth-order valence-electron chi connectivity index (χ4n) is 0.878. The molecule has 0 aliphatic carbocycles. The summed E-state index contributed by atoms with van der Waals surface area (Å²) in [6.07, 6.45) is 1.77. The van der Waals surface area contributed by atoms with Gasteiger partial charge in [0.15, 0.2) is 5.69 Å². The minimum absolute atomic E-state index is 0.0649. The molecule has 82 valence electrons. The van der Waals surface area contributed by atoms with Gasteiger partial charge in [0, 0.05) is 6.07 Å². The highest BCUT2D eigenvalue weighted by molar-refractivity contribution is 6.32. The lowest BCUT2D eigenvalue weighted by molar-refractivity contribution is 0.0492. The molecule has 0 aromatic carbocycles.